The molecule has 2 heterocycles. The third-order valence-corrected chi connectivity index (χ3v) is 6.73. The molecule has 3 aromatic carbocycles. The molecule has 36 heavy (non-hydrogen) atoms. The molecule has 8 heteroatoms. The van der Waals surface area contributed by atoms with E-state index in [1.807, 2.05) is 55.6 Å². The van der Waals surface area contributed by atoms with Crippen LogP contribution in [0.3, 0.4) is 0 Å². The van der Waals surface area contributed by atoms with Gasteiger partial charge in [-0.1, -0.05) is 59.9 Å². The Balaban J connectivity index is 1.45. The fraction of sp³-hybridized carbons (Fsp3) is 0.143. The zero-order valence-electron chi connectivity index (χ0n) is 19.7. The number of para-hydroxylation sites is 1. The summed E-state index contributed by atoms with van der Waals surface area (Å²) in [6, 6.07) is 23.5. The number of carbonyl (C=O) groups excluding carboxylic acids is 2. The standard InChI is InChI=1S/C28H24N4O3S/c1-2-35-23-10-6-11-24-25(23)30-28(36-24)32(19-18-31-17-7-16-29-31)27(34)22-14-12-21(13-15-22)26(33)20-8-4-3-5-9-20/h3-17H,2,18-19H2,1H3. The third kappa shape index (κ3) is 4.89. The van der Waals surface area contributed by atoms with Crippen LogP contribution >= 0.6 is 11.3 Å². The van der Waals surface area contributed by atoms with Gasteiger partial charge in [0.05, 0.1) is 17.9 Å². The van der Waals surface area contributed by atoms with Crippen molar-refractivity contribution in [2.45, 2.75) is 13.5 Å². The fourth-order valence-electron chi connectivity index (χ4n) is 3.89. The van der Waals surface area contributed by atoms with Crippen LogP contribution in [0.1, 0.15) is 33.2 Å². The summed E-state index contributed by atoms with van der Waals surface area (Å²) in [4.78, 5) is 32.9. The molecular weight excluding hydrogens is 472 g/mol. The van der Waals surface area contributed by atoms with E-state index in [9.17, 15) is 9.59 Å². The average Bonchev–Trinajstić information content (AvgIpc) is 3.60. The minimum Gasteiger partial charge on any atom is -0.492 e. The highest BCUT2D eigenvalue weighted by Crippen LogP contribution is 2.34. The van der Waals surface area contributed by atoms with E-state index in [1.54, 1.807) is 52.2 Å². The number of nitrogens with zero attached hydrogens (tertiary/aromatic N) is 4. The summed E-state index contributed by atoms with van der Waals surface area (Å²) in [7, 11) is 0. The van der Waals surface area contributed by atoms with Crippen LogP contribution in [-0.4, -0.2) is 39.6 Å². The number of amides is 1. The molecule has 0 aliphatic carbocycles. The van der Waals surface area contributed by atoms with Crippen molar-refractivity contribution < 1.29 is 14.3 Å². The number of carbonyl (C=O) groups is 2. The maximum Gasteiger partial charge on any atom is 0.260 e. The molecule has 0 N–H and O–H groups in total. The molecule has 0 atom stereocenters. The molecule has 7 nitrogen and oxygen atoms in total. The average molecular weight is 497 g/mol. The molecule has 0 bridgehead atoms. The summed E-state index contributed by atoms with van der Waals surface area (Å²) >= 11 is 1.44. The van der Waals surface area contributed by atoms with Crippen LogP contribution < -0.4 is 9.64 Å². The van der Waals surface area contributed by atoms with Gasteiger partial charge in [0.1, 0.15) is 11.3 Å². The van der Waals surface area contributed by atoms with Gasteiger partial charge in [-0.2, -0.15) is 5.10 Å². The molecule has 5 aromatic rings. The van der Waals surface area contributed by atoms with Gasteiger partial charge in [-0.3, -0.25) is 19.2 Å². The molecule has 0 unspecified atom stereocenters. The molecule has 0 aliphatic rings. The van der Waals surface area contributed by atoms with E-state index in [4.69, 9.17) is 9.72 Å². The van der Waals surface area contributed by atoms with E-state index >= 15 is 0 Å². The quantitative estimate of drug-likeness (QED) is 0.253. The predicted molar refractivity (Wildman–Crippen MR) is 141 cm³/mol. The Morgan fingerprint density at radius 3 is 2.39 bits per heavy atom. The summed E-state index contributed by atoms with van der Waals surface area (Å²) in [5.41, 5.74) is 2.35. The number of ketones is 1. The summed E-state index contributed by atoms with van der Waals surface area (Å²) < 4.78 is 8.46. The van der Waals surface area contributed by atoms with Gasteiger partial charge in [-0.25, -0.2) is 4.98 Å². The Bertz CT molecular complexity index is 1480. The van der Waals surface area contributed by atoms with E-state index in [1.165, 1.54) is 11.3 Å². The van der Waals surface area contributed by atoms with Crippen LogP contribution in [0.4, 0.5) is 5.13 Å². The summed E-state index contributed by atoms with van der Waals surface area (Å²) in [6.07, 6.45) is 3.57. The van der Waals surface area contributed by atoms with Crippen LogP contribution in [0.2, 0.25) is 0 Å². The largest absolute Gasteiger partial charge is 0.492 e. The van der Waals surface area contributed by atoms with Crippen LogP contribution in [0.15, 0.2) is 91.3 Å². The van der Waals surface area contributed by atoms with Crippen molar-refractivity contribution in [2.24, 2.45) is 0 Å². The Labute approximate surface area is 212 Å². The van der Waals surface area contributed by atoms with Crippen LogP contribution in [0.25, 0.3) is 10.2 Å². The van der Waals surface area contributed by atoms with Gasteiger partial charge >= 0.3 is 0 Å². The lowest BCUT2D eigenvalue weighted by Crippen LogP contribution is -2.34. The number of thiazole rings is 1. The highest BCUT2D eigenvalue weighted by molar-refractivity contribution is 7.22. The normalized spacial score (nSPS) is 10.9. The maximum atomic E-state index is 13.7. The first kappa shape index (κ1) is 23.4. The Morgan fingerprint density at radius 1 is 0.917 bits per heavy atom. The highest BCUT2D eigenvalue weighted by atomic mass is 32.1. The molecule has 1 amide bonds. The minimum atomic E-state index is -0.196. The van der Waals surface area contributed by atoms with E-state index in [0.29, 0.717) is 47.3 Å². The molecule has 0 saturated heterocycles. The van der Waals surface area contributed by atoms with Gasteiger partial charge < -0.3 is 4.74 Å². The highest BCUT2D eigenvalue weighted by Gasteiger charge is 2.23. The summed E-state index contributed by atoms with van der Waals surface area (Å²) in [6.45, 7) is 3.35. The van der Waals surface area contributed by atoms with E-state index in [2.05, 4.69) is 5.10 Å². The topological polar surface area (TPSA) is 77.3 Å². The Kier molecular flexibility index (Phi) is 6.86. The third-order valence-electron chi connectivity index (χ3n) is 5.69. The predicted octanol–water partition coefficient (Wildman–Crippen LogP) is 5.47. The number of fused-ring (bicyclic) bond motifs is 1. The zero-order valence-corrected chi connectivity index (χ0v) is 20.5. The Morgan fingerprint density at radius 2 is 1.67 bits per heavy atom. The lowest BCUT2D eigenvalue weighted by molar-refractivity contribution is 0.0983. The molecule has 2 aromatic heterocycles. The number of ether oxygens (including phenoxy) is 1. The maximum absolute atomic E-state index is 13.7. The van der Waals surface area contributed by atoms with Gasteiger partial charge in [-0.15, -0.1) is 0 Å². The van der Waals surface area contributed by atoms with Crippen LogP contribution in [0, 0.1) is 0 Å². The lowest BCUT2D eigenvalue weighted by Gasteiger charge is -2.20. The first-order chi connectivity index (χ1) is 17.6. The van der Waals surface area contributed by atoms with E-state index in [-0.39, 0.29) is 11.7 Å². The number of hydrogen-bond donors (Lipinski definition) is 0. The van der Waals surface area contributed by atoms with E-state index in [0.717, 1.165) is 10.2 Å². The van der Waals surface area contributed by atoms with Crippen molar-refractivity contribution >= 4 is 38.4 Å². The first-order valence-electron chi connectivity index (χ1n) is 11.7. The fourth-order valence-corrected chi connectivity index (χ4v) is 4.90. The first-order valence-corrected chi connectivity index (χ1v) is 12.5. The summed E-state index contributed by atoms with van der Waals surface area (Å²) in [5.74, 6) is 0.415. The number of rotatable bonds is 9. The van der Waals surface area contributed by atoms with Gasteiger partial charge in [0, 0.05) is 35.6 Å². The van der Waals surface area contributed by atoms with Gasteiger partial charge in [0.25, 0.3) is 5.91 Å². The number of aromatic nitrogens is 3. The number of hydrogen-bond acceptors (Lipinski definition) is 6. The molecule has 0 fully saturated rings. The minimum absolute atomic E-state index is 0.0836. The monoisotopic (exact) mass is 496 g/mol. The van der Waals surface area contributed by atoms with Gasteiger partial charge in [0.15, 0.2) is 10.9 Å². The number of benzene rings is 3. The molecule has 0 saturated carbocycles. The van der Waals surface area contributed by atoms with Crippen LogP contribution in [-0.2, 0) is 6.54 Å². The van der Waals surface area contributed by atoms with Crippen molar-refractivity contribution in [3.05, 3.63) is 108 Å². The van der Waals surface area contributed by atoms with Crippen molar-refractivity contribution in [1.29, 1.82) is 0 Å². The second kappa shape index (κ2) is 10.5. The smallest absolute Gasteiger partial charge is 0.260 e. The molecule has 0 spiro atoms. The van der Waals surface area contributed by atoms with Crippen molar-refractivity contribution in [2.75, 3.05) is 18.1 Å². The van der Waals surface area contributed by atoms with Crippen molar-refractivity contribution in [1.82, 2.24) is 14.8 Å². The van der Waals surface area contributed by atoms with Gasteiger partial charge in [-0.05, 0) is 37.3 Å². The second-order valence-corrected chi connectivity index (χ2v) is 9.04. The molecule has 0 radical (unpaired) electrons. The van der Waals surface area contributed by atoms with Gasteiger partial charge in [0.2, 0.25) is 0 Å². The van der Waals surface area contributed by atoms with E-state index < -0.39 is 0 Å². The summed E-state index contributed by atoms with van der Waals surface area (Å²) in [5, 5.41) is 4.84. The molecule has 180 valence electrons. The SMILES string of the molecule is CCOc1cccc2sc(N(CCn3cccn3)C(=O)c3ccc(C(=O)c4ccccc4)cc3)nc12. The Hall–Kier alpha value is -4.30. The second-order valence-electron chi connectivity index (χ2n) is 8.03. The van der Waals surface area contributed by atoms with Crippen LogP contribution in [0.5, 0.6) is 5.75 Å². The van der Waals surface area contributed by atoms with Crippen molar-refractivity contribution in [3.63, 3.8) is 0 Å². The zero-order chi connectivity index (χ0) is 24.9. The lowest BCUT2D eigenvalue weighted by atomic mass is 10.0. The molecule has 5 rings (SSSR count). The molecular formula is C28H24N4O3S. The molecule has 0 aliphatic heterocycles. The number of anilines is 1. The van der Waals surface area contributed by atoms with Crippen molar-refractivity contribution in [3.8, 4) is 5.75 Å².